The second-order valence-electron chi connectivity index (χ2n) is 9.27. The van der Waals surface area contributed by atoms with Crippen molar-refractivity contribution in [2.24, 2.45) is 11.8 Å². The molecule has 37 heavy (non-hydrogen) atoms. The Labute approximate surface area is 208 Å². The molecule has 9 nitrogen and oxygen atoms in total. The van der Waals surface area contributed by atoms with Gasteiger partial charge in [-0.15, -0.1) is 0 Å². The summed E-state index contributed by atoms with van der Waals surface area (Å²) in [5.74, 6) is -6.22. The average Bonchev–Trinajstić information content (AvgIpc) is 3.45. The lowest BCUT2D eigenvalue weighted by molar-refractivity contribution is -0.384. The number of imide groups is 1. The van der Waals surface area contributed by atoms with Crippen LogP contribution in [0.2, 0.25) is 0 Å². The van der Waals surface area contributed by atoms with Crippen LogP contribution in [0.4, 0.5) is 15.8 Å². The second-order valence-corrected chi connectivity index (χ2v) is 9.27. The van der Waals surface area contributed by atoms with E-state index in [0.29, 0.717) is 5.56 Å². The summed E-state index contributed by atoms with van der Waals surface area (Å²) < 4.78 is 19.8. The fraction of sp³-hybridized carbons (Fsp3) is 0.185. The summed E-state index contributed by atoms with van der Waals surface area (Å²) >= 11 is 0. The molecule has 3 atom stereocenters. The molecule has 0 bridgehead atoms. The van der Waals surface area contributed by atoms with Crippen LogP contribution in [-0.4, -0.2) is 33.9 Å². The Morgan fingerprint density at radius 1 is 0.919 bits per heavy atom. The number of nitro groups is 1. The van der Waals surface area contributed by atoms with E-state index in [1.807, 2.05) is 0 Å². The van der Waals surface area contributed by atoms with E-state index in [9.17, 15) is 33.7 Å². The van der Waals surface area contributed by atoms with Gasteiger partial charge in [-0.05, 0) is 36.2 Å². The molecule has 0 unspecified atom stereocenters. The maximum atomic E-state index is 13.9. The quantitative estimate of drug-likeness (QED) is 0.232. The van der Waals surface area contributed by atoms with Gasteiger partial charge in [0.25, 0.3) is 5.69 Å². The van der Waals surface area contributed by atoms with Crippen molar-refractivity contribution >= 4 is 34.8 Å². The zero-order valence-electron chi connectivity index (χ0n) is 19.2. The van der Waals surface area contributed by atoms with Crippen LogP contribution >= 0.6 is 0 Å². The van der Waals surface area contributed by atoms with E-state index in [2.05, 4.69) is 0 Å². The minimum absolute atomic E-state index is 0.0937. The van der Waals surface area contributed by atoms with Gasteiger partial charge in [0.1, 0.15) is 5.82 Å². The first-order valence-electron chi connectivity index (χ1n) is 11.4. The molecular weight excluding hydrogens is 483 g/mol. The number of ether oxygens (including phenoxy) is 1. The van der Waals surface area contributed by atoms with E-state index in [-0.39, 0.29) is 28.1 Å². The van der Waals surface area contributed by atoms with Crippen LogP contribution in [-0.2, 0) is 14.3 Å². The third-order valence-electron chi connectivity index (χ3n) is 7.35. The number of Topliss-reactive ketones (excluding diaryl/α,β-unsaturated/α-hetero) is 2. The van der Waals surface area contributed by atoms with Crippen LogP contribution in [0.1, 0.15) is 37.9 Å². The third-order valence-corrected chi connectivity index (χ3v) is 7.35. The minimum Gasteiger partial charge on any atom is -0.349 e. The Hall–Kier alpha value is -4.57. The number of carbonyl (C=O) groups excluding carboxylic acids is 4. The predicted octanol–water partition coefficient (Wildman–Crippen LogP) is 3.74. The molecule has 2 fully saturated rings. The van der Waals surface area contributed by atoms with Gasteiger partial charge in [0.15, 0.2) is 0 Å². The van der Waals surface area contributed by atoms with Crippen molar-refractivity contribution in [1.82, 2.24) is 0 Å². The summed E-state index contributed by atoms with van der Waals surface area (Å²) in [6.07, 6.45) is -1.19. The molecule has 3 aromatic carbocycles. The lowest BCUT2D eigenvalue weighted by atomic mass is 9.77. The van der Waals surface area contributed by atoms with E-state index < -0.39 is 57.7 Å². The van der Waals surface area contributed by atoms with Crippen molar-refractivity contribution in [3.05, 3.63) is 105 Å². The fourth-order valence-electron chi connectivity index (χ4n) is 5.71. The smallest absolute Gasteiger partial charge is 0.269 e. The number of hydrogen-bond donors (Lipinski definition) is 0. The molecule has 0 radical (unpaired) electrons. The molecule has 184 valence electrons. The number of non-ortho nitro benzene ring substituents is 1. The second kappa shape index (κ2) is 7.71. The predicted molar refractivity (Wildman–Crippen MR) is 125 cm³/mol. The van der Waals surface area contributed by atoms with Gasteiger partial charge in [-0.25, -0.2) is 9.29 Å². The van der Waals surface area contributed by atoms with Crippen molar-refractivity contribution in [3.8, 4) is 0 Å². The maximum absolute atomic E-state index is 13.9. The summed E-state index contributed by atoms with van der Waals surface area (Å²) in [4.78, 5) is 66.7. The maximum Gasteiger partial charge on any atom is 0.269 e. The number of anilines is 1. The molecule has 3 aromatic rings. The zero-order valence-corrected chi connectivity index (χ0v) is 19.2. The highest BCUT2D eigenvalue weighted by Gasteiger charge is 2.74. The van der Waals surface area contributed by atoms with Crippen molar-refractivity contribution in [1.29, 1.82) is 0 Å². The lowest BCUT2D eigenvalue weighted by Crippen LogP contribution is -2.51. The van der Waals surface area contributed by atoms with Gasteiger partial charge in [0.05, 0.1) is 28.6 Å². The Morgan fingerprint density at radius 3 is 2.11 bits per heavy atom. The molecular formula is C27H17FN2O7. The number of hydrogen-bond acceptors (Lipinski definition) is 7. The molecule has 1 aliphatic carbocycles. The van der Waals surface area contributed by atoms with Crippen LogP contribution in [0, 0.1) is 34.7 Å². The number of fused-ring (bicyclic) bond motifs is 3. The highest BCUT2D eigenvalue weighted by Crippen LogP contribution is 2.57. The number of aryl methyl sites for hydroxylation is 1. The minimum atomic E-state index is -2.26. The summed E-state index contributed by atoms with van der Waals surface area (Å²) in [5.41, 5.74) is -1.57. The van der Waals surface area contributed by atoms with Gasteiger partial charge in [-0.3, -0.25) is 29.3 Å². The number of rotatable bonds is 3. The van der Waals surface area contributed by atoms with Gasteiger partial charge >= 0.3 is 0 Å². The first-order valence-corrected chi connectivity index (χ1v) is 11.4. The largest absolute Gasteiger partial charge is 0.349 e. The monoisotopic (exact) mass is 500 g/mol. The van der Waals surface area contributed by atoms with E-state index in [1.165, 1.54) is 49.4 Å². The van der Waals surface area contributed by atoms with Crippen molar-refractivity contribution in [2.45, 2.75) is 18.6 Å². The van der Waals surface area contributed by atoms with Crippen LogP contribution in [0.25, 0.3) is 0 Å². The highest BCUT2D eigenvalue weighted by molar-refractivity contribution is 6.37. The molecule has 2 aliphatic heterocycles. The number of amides is 2. The first-order chi connectivity index (χ1) is 17.7. The first kappa shape index (κ1) is 22.9. The van der Waals surface area contributed by atoms with Crippen LogP contribution in [0.3, 0.4) is 0 Å². The molecule has 0 N–H and O–H groups in total. The molecule has 1 spiro atoms. The normalized spacial score (nSPS) is 23.6. The van der Waals surface area contributed by atoms with Crippen LogP contribution < -0.4 is 4.90 Å². The SMILES string of the molecule is Cc1cc([N+](=O)[O-])ccc1N1C(=O)[C@@H]2[C@@H](c3ccc(F)cc3)OC3(C(=O)c4ccccc4C3=O)[C@H]2C1=O. The van der Waals surface area contributed by atoms with E-state index >= 15 is 0 Å². The number of nitro benzene ring substituents is 1. The molecule has 10 heteroatoms. The Kier molecular flexibility index (Phi) is 4.77. The molecule has 0 saturated carbocycles. The van der Waals surface area contributed by atoms with Gasteiger partial charge in [0, 0.05) is 23.3 Å². The summed E-state index contributed by atoms with van der Waals surface area (Å²) in [7, 11) is 0. The Balaban J connectivity index is 1.53. The van der Waals surface area contributed by atoms with Gasteiger partial charge in [0.2, 0.25) is 29.0 Å². The van der Waals surface area contributed by atoms with Crippen LogP contribution in [0.5, 0.6) is 0 Å². The molecule has 3 aliphatic rings. The standard InChI is InChI=1S/C27H17FN2O7/c1-13-12-16(30(35)36)10-11-19(13)29-25(33)20-21(26(29)34)27(37-22(20)14-6-8-15(28)9-7-14)23(31)17-4-2-3-5-18(17)24(27)32/h2-12,20-22H,1H3/t20-,21+,22+/m0/s1. The number of benzene rings is 3. The molecule has 0 aromatic heterocycles. The van der Waals surface area contributed by atoms with Crippen LogP contribution in [0.15, 0.2) is 66.7 Å². The van der Waals surface area contributed by atoms with E-state index in [0.717, 1.165) is 17.0 Å². The lowest BCUT2D eigenvalue weighted by Gasteiger charge is -2.27. The van der Waals surface area contributed by atoms with Crippen molar-refractivity contribution in [3.63, 3.8) is 0 Å². The number of carbonyl (C=O) groups is 4. The molecule has 2 amide bonds. The Bertz CT molecular complexity index is 1530. The van der Waals surface area contributed by atoms with Crippen molar-refractivity contribution in [2.75, 3.05) is 4.90 Å². The Morgan fingerprint density at radius 2 is 1.54 bits per heavy atom. The van der Waals surface area contributed by atoms with Gasteiger partial charge < -0.3 is 4.74 Å². The molecule has 2 saturated heterocycles. The molecule has 2 heterocycles. The van der Waals surface area contributed by atoms with Gasteiger partial charge in [-0.2, -0.15) is 0 Å². The summed E-state index contributed by atoms with van der Waals surface area (Å²) in [6.45, 7) is 1.52. The third kappa shape index (κ3) is 2.93. The van der Waals surface area contributed by atoms with E-state index in [4.69, 9.17) is 4.74 Å². The summed E-state index contributed by atoms with van der Waals surface area (Å²) in [5, 5.41) is 11.2. The van der Waals surface area contributed by atoms with Gasteiger partial charge in [-0.1, -0.05) is 36.4 Å². The fourth-order valence-corrected chi connectivity index (χ4v) is 5.71. The number of nitrogens with zero attached hydrogens (tertiary/aromatic N) is 2. The zero-order chi connectivity index (χ0) is 26.2. The average molecular weight is 500 g/mol. The molecule has 6 rings (SSSR count). The number of halogens is 1. The summed E-state index contributed by atoms with van der Waals surface area (Å²) in [6, 6.07) is 14.9. The highest BCUT2D eigenvalue weighted by atomic mass is 19.1. The number of ketones is 2. The van der Waals surface area contributed by atoms with E-state index in [1.54, 1.807) is 12.1 Å². The topological polar surface area (TPSA) is 124 Å². The van der Waals surface area contributed by atoms with Crippen molar-refractivity contribution < 1.29 is 33.2 Å².